The summed E-state index contributed by atoms with van der Waals surface area (Å²) >= 11 is 0. The lowest BCUT2D eigenvalue weighted by molar-refractivity contribution is -0.617. The standard InChI is InChI=1S/C26H23NO6/c1-13-10-15(25(28)29)11-14(2)21(13)24-20(33-5)9-8-19-23(24)22(26(30)31)17-12-16(32-4)6-7-18(17)27(19)3/h6-12H,1-5H3,(H-,28,29,30,31). The van der Waals surface area contributed by atoms with E-state index in [1.807, 2.05) is 23.7 Å². The summed E-state index contributed by atoms with van der Waals surface area (Å²) in [5.74, 6) is -1.33. The van der Waals surface area contributed by atoms with Crippen LogP contribution in [0.15, 0.2) is 42.5 Å². The highest BCUT2D eigenvalue weighted by molar-refractivity contribution is 6.17. The Morgan fingerprint density at radius 2 is 1.55 bits per heavy atom. The fraction of sp³-hybridized carbons (Fsp3) is 0.192. The molecule has 3 aromatic carbocycles. The number of carbonyl (C=O) groups excluding carboxylic acids is 1. The maximum atomic E-state index is 12.7. The first-order valence-electron chi connectivity index (χ1n) is 10.3. The fourth-order valence-electron chi connectivity index (χ4n) is 4.62. The van der Waals surface area contributed by atoms with Gasteiger partial charge in [-0.05, 0) is 66.4 Å². The predicted octanol–water partition coefficient (Wildman–Crippen LogP) is 3.18. The van der Waals surface area contributed by atoms with Crippen molar-refractivity contribution in [2.45, 2.75) is 13.8 Å². The van der Waals surface area contributed by atoms with Gasteiger partial charge in [0.2, 0.25) is 11.0 Å². The van der Waals surface area contributed by atoms with E-state index in [2.05, 4.69) is 0 Å². The Morgan fingerprint density at radius 1 is 0.909 bits per heavy atom. The van der Waals surface area contributed by atoms with Gasteiger partial charge in [-0.25, -0.2) is 4.79 Å². The number of carboxylic acids is 2. The van der Waals surface area contributed by atoms with E-state index < -0.39 is 11.9 Å². The molecule has 0 unspecified atom stereocenters. The Hall–Kier alpha value is -4.13. The summed E-state index contributed by atoms with van der Waals surface area (Å²) in [6.07, 6.45) is 0. The highest BCUT2D eigenvalue weighted by Gasteiger charge is 2.28. The van der Waals surface area contributed by atoms with Gasteiger partial charge in [0, 0.05) is 17.7 Å². The predicted molar refractivity (Wildman–Crippen MR) is 122 cm³/mol. The van der Waals surface area contributed by atoms with Crippen molar-refractivity contribution in [1.29, 1.82) is 0 Å². The number of nitrogens with zero attached hydrogens (tertiary/aromatic N) is 1. The van der Waals surface area contributed by atoms with E-state index in [-0.39, 0.29) is 11.1 Å². The molecular formula is C26H23NO6. The van der Waals surface area contributed by atoms with Crippen LogP contribution in [-0.2, 0) is 7.05 Å². The first-order valence-corrected chi connectivity index (χ1v) is 10.3. The topological polar surface area (TPSA) is 99.8 Å². The van der Waals surface area contributed by atoms with E-state index in [0.717, 1.165) is 5.52 Å². The van der Waals surface area contributed by atoms with Gasteiger partial charge in [0.25, 0.3) is 0 Å². The van der Waals surface area contributed by atoms with Gasteiger partial charge < -0.3 is 24.5 Å². The summed E-state index contributed by atoms with van der Waals surface area (Å²) in [6, 6.07) is 12.0. The maximum absolute atomic E-state index is 12.7. The van der Waals surface area contributed by atoms with E-state index in [1.165, 1.54) is 26.4 Å². The quantitative estimate of drug-likeness (QED) is 0.374. The summed E-state index contributed by atoms with van der Waals surface area (Å²) in [5, 5.41) is 22.8. The minimum Gasteiger partial charge on any atom is -0.545 e. The lowest BCUT2D eigenvalue weighted by Gasteiger charge is -2.19. The monoisotopic (exact) mass is 445 g/mol. The van der Waals surface area contributed by atoms with Crippen LogP contribution in [0.25, 0.3) is 32.9 Å². The van der Waals surface area contributed by atoms with Crippen molar-refractivity contribution in [1.82, 2.24) is 0 Å². The second-order valence-electron chi connectivity index (χ2n) is 7.93. The second kappa shape index (κ2) is 8.09. The molecule has 0 atom stereocenters. The first-order chi connectivity index (χ1) is 15.7. The van der Waals surface area contributed by atoms with Crippen LogP contribution in [0.1, 0.15) is 31.8 Å². The molecule has 0 bridgehead atoms. The summed E-state index contributed by atoms with van der Waals surface area (Å²) < 4.78 is 13.0. The number of aryl methyl sites for hydroxylation is 3. The SMILES string of the molecule is COc1ccc2c(c1)c(C(=O)O)c1c(-c3c(C)cc(C(=O)[O-])cc3C)c(OC)ccc1[n+]2C. The molecule has 0 saturated carbocycles. The number of rotatable bonds is 5. The lowest BCUT2D eigenvalue weighted by atomic mass is 9.88. The van der Waals surface area contributed by atoms with Gasteiger partial charge >= 0.3 is 5.97 Å². The van der Waals surface area contributed by atoms with E-state index in [0.29, 0.717) is 50.0 Å². The molecule has 0 amide bonds. The summed E-state index contributed by atoms with van der Waals surface area (Å²) in [4.78, 5) is 24.1. The lowest BCUT2D eigenvalue weighted by Crippen LogP contribution is -2.31. The van der Waals surface area contributed by atoms with Crippen LogP contribution < -0.4 is 19.1 Å². The van der Waals surface area contributed by atoms with Crippen LogP contribution >= 0.6 is 0 Å². The molecular weight excluding hydrogens is 422 g/mol. The molecule has 0 radical (unpaired) electrons. The highest BCUT2D eigenvalue weighted by Crippen LogP contribution is 2.43. The van der Waals surface area contributed by atoms with Crippen LogP contribution in [0, 0.1) is 13.8 Å². The minimum absolute atomic E-state index is 0.0622. The van der Waals surface area contributed by atoms with Crippen LogP contribution in [0.3, 0.4) is 0 Å². The number of ether oxygens (including phenoxy) is 2. The molecule has 0 aliphatic rings. The van der Waals surface area contributed by atoms with Crippen molar-refractivity contribution in [3.8, 4) is 22.6 Å². The molecule has 1 aromatic heterocycles. The Kier molecular flexibility index (Phi) is 5.41. The van der Waals surface area contributed by atoms with Crippen LogP contribution in [-0.4, -0.2) is 31.3 Å². The molecule has 0 spiro atoms. The van der Waals surface area contributed by atoms with Crippen molar-refractivity contribution in [3.05, 3.63) is 64.7 Å². The molecule has 0 aliphatic heterocycles. The third-order valence-corrected chi connectivity index (χ3v) is 6.04. The average Bonchev–Trinajstić information content (AvgIpc) is 2.78. The zero-order chi connectivity index (χ0) is 24.0. The number of pyridine rings is 1. The second-order valence-corrected chi connectivity index (χ2v) is 7.93. The molecule has 33 heavy (non-hydrogen) atoms. The number of benzene rings is 3. The number of carboxylic acid groups (broad SMARTS) is 2. The summed E-state index contributed by atoms with van der Waals surface area (Å²) in [6.45, 7) is 3.58. The van der Waals surface area contributed by atoms with E-state index in [1.54, 1.807) is 32.0 Å². The van der Waals surface area contributed by atoms with Crippen molar-refractivity contribution in [2.24, 2.45) is 7.05 Å². The number of aromatic nitrogens is 1. The molecule has 1 heterocycles. The Labute approximate surface area is 190 Å². The Balaban J connectivity index is 2.29. The van der Waals surface area contributed by atoms with Crippen molar-refractivity contribution in [2.75, 3.05) is 14.2 Å². The molecule has 7 nitrogen and oxygen atoms in total. The molecule has 168 valence electrons. The smallest absolute Gasteiger partial charge is 0.337 e. The van der Waals surface area contributed by atoms with E-state index in [9.17, 15) is 19.8 Å². The summed E-state index contributed by atoms with van der Waals surface area (Å²) in [7, 11) is 4.93. The highest BCUT2D eigenvalue weighted by atomic mass is 16.5. The number of hydrogen-bond acceptors (Lipinski definition) is 5. The van der Waals surface area contributed by atoms with Crippen molar-refractivity contribution >= 4 is 33.7 Å². The summed E-state index contributed by atoms with van der Waals surface area (Å²) in [5.41, 5.74) is 4.26. The van der Waals surface area contributed by atoms with Gasteiger partial charge in [-0.1, -0.05) is 0 Å². The fourth-order valence-corrected chi connectivity index (χ4v) is 4.62. The Morgan fingerprint density at radius 3 is 2.09 bits per heavy atom. The average molecular weight is 445 g/mol. The van der Waals surface area contributed by atoms with Crippen LogP contribution in [0.5, 0.6) is 11.5 Å². The van der Waals surface area contributed by atoms with Gasteiger partial charge in [0.1, 0.15) is 18.5 Å². The van der Waals surface area contributed by atoms with Crippen LogP contribution in [0.2, 0.25) is 0 Å². The number of aromatic carboxylic acids is 2. The van der Waals surface area contributed by atoms with Crippen molar-refractivity contribution in [3.63, 3.8) is 0 Å². The van der Waals surface area contributed by atoms with Crippen molar-refractivity contribution < 1.29 is 33.8 Å². The van der Waals surface area contributed by atoms with Gasteiger partial charge in [0.15, 0.2) is 0 Å². The zero-order valence-electron chi connectivity index (χ0n) is 19.0. The van der Waals surface area contributed by atoms with Gasteiger partial charge in [-0.3, -0.25) is 0 Å². The van der Waals surface area contributed by atoms with Gasteiger partial charge in [0.05, 0.1) is 36.5 Å². The first kappa shape index (κ1) is 22.1. The number of fused-ring (bicyclic) bond motifs is 2. The Bertz CT molecular complexity index is 1450. The third kappa shape index (κ3) is 3.42. The van der Waals surface area contributed by atoms with Gasteiger partial charge in [-0.15, -0.1) is 0 Å². The third-order valence-electron chi connectivity index (χ3n) is 6.04. The van der Waals surface area contributed by atoms with Crippen LogP contribution in [0.4, 0.5) is 0 Å². The molecule has 1 N–H and O–H groups in total. The zero-order valence-corrected chi connectivity index (χ0v) is 19.0. The van der Waals surface area contributed by atoms with E-state index in [4.69, 9.17) is 9.47 Å². The normalized spacial score (nSPS) is 11.1. The molecule has 0 fully saturated rings. The molecule has 4 aromatic rings. The number of carbonyl (C=O) groups is 2. The molecule has 7 heteroatoms. The number of methoxy groups -OCH3 is 2. The van der Waals surface area contributed by atoms with Gasteiger partial charge in [-0.2, -0.15) is 4.57 Å². The minimum atomic E-state index is -1.27. The molecule has 4 rings (SSSR count). The molecule has 0 aliphatic carbocycles. The molecule has 0 saturated heterocycles. The van der Waals surface area contributed by atoms with E-state index >= 15 is 0 Å². The number of hydrogen-bond donors (Lipinski definition) is 1. The largest absolute Gasteiger partial charge is 0.545 e. The maximum Gasteiger partial charge on any atom is 0.337 e.